The van der Waals surface area contributed by atoms with Crippen LogP contribution in [-0.4, -0.2) is 17.3 Å². The van der Waals surface area contributed by atoms with Crippen LogP contribution in [-0.2, 0) is 22.4 Å². The summed E-state index contributed by atoms with van der Waals surface area (Å²) < 4.78 is 0. The molecule has 2 aromatic rings. The maximum absolute atomic E-state index is 13.5. The van der Waals surface area contributed by atoms with E-state index in [1.165, 1.54) is 54.9 Å². The van der Waals surface area contributed by atoms with Crippen molar-refractivity contribution >= 4 is 17.3 Å². The molecule has 0 saturated heterocycles. The van der Waals surface area contributed by atoms with Gasteiger partial charge in [-0.05, 0) is 91.5 Å². The Labute approximate surface area is 257 Å². The van der Waals surface area contributed by atoms with Crippen LogP contribution in [0.1, 0.15) is 140 Å². The predicted molar refractivity (Wildman–Crippen MR) is 178 cm³/mol. The first kappa shape index (κ1) is 35.6. The van der Waals surface area contributed by atoms with Gasteiger partial charge >= 0.3 is 0 Å². The quantitative estimate of drug-likeness (QED) is 0.157. The summed E-state index contributed by atoms with van der Waals surface area (Å²) in [6.07, 6.45) is 11.2. The number of carbonyl (C=O) groups excluding carboxylic acids is 3. The van der Waals surface area contributed by atoms with Crippen molar-refractivity contribution in [2.24, 2.45) is 23.7 Å². The van der Waals surface area contributed by atoms with E-state index in [1.54, 1.807) is 0 Å². The summed E-state index contributed by atoms with van der Waals surface area (Å²) >= 11 is 0. The highest BCUT2D eigenvalue weighted by Gasteiger charge is 2.34. The monoisotopic (exact) mass is 574 g/mol. The van der Waals surface area contributed by atoms with E-state index >= 15 is 0 Å². The van der Waals surface area contributed by atoms with Gasteiger partial charge in [-0.3, -0.25) is 14.4 Å². The number of unbranched alkanes of at least 4 members (excludes halogenated alkanes) is 1. The normalized spacial score (nSPS) is 15.9. The van der Waals surface area contributed by atoms with Crippen molar-refractivity contribution in [2.75, 3.05) is 0 Å². The van der Waals surface area contributed by atoms with Crippen molar-refractivity contribution in [2.45, 2.75) is 132 Å². The first-order chi connectivity index (χ1) is 20.1. The lowest BCUT2D eigenvalue weighted by atomic mass is 9.71. The average Bonchev–Trinajstić information content (AvgIpc) is 2.92. The van der Waals surface area contributed by atoms with Gasteiger partial charge in [0.05, 0.1) is 6.42 Å². The standard InChI is InChI=1S/C36H50O3.C3H8/c1-7-11-30(31(8-2)34(38)20-26(6)37)21-28-22-33-32(19-14-25(5)36(33)35(39)23-28)29-17-15-27(16-18-29)13-10-9-12-24(3)4;1-3-2/h14-19,24,28,30-31H,7-13,20-23H2,1-6H3;3H2,1-2H3. The molecule has 3 heteroatoms. The van der Waals surface area contributed by atoms with Gasteiger partial charge in [0.25, 0.3) is 0 Å². The summed E-state index contributed by atoms with van der Waals surface area (Å²) in [6.45, 7) is 16.6. The number of carbonyl (C=O) groups is 3. The summed E-state index contributed by atoms with van der Waals surface area (Å²) in [5, 5.41) is 0. The third-order valence-electron chi connectivity index (χ3n) is 8.67. The van der Waals surface area contributed by atoms with E-state index in [0.717, 1.165) is 55.6 Å². The third-order valence-corrected chi connectivity index (χ3v) is 8.67. The summed E-state index contributed by atoms with van der Waals surface area (Å²) in [7, 11) is 0. The van der Waals surface area contributed by atoms with E-state index in [2.05, 4.69) is 84.9 Å². The Balaban J connectivity index is 0.00000197. The molecule has 0 aliphatic heterocycles. The van der Waals surface area contributed by atoms with Gasteiger partial charge in [0.2, 0.25) is 0 Å². The Kier molecular flexibility index (Phi) is 15.4. The van der Waals surface area contributed by atoms with Gasteiger partial charge in [-0.2, -0.15) is 0 Å². The minimum Gasteiger partial charge on any atom is -0.300 e. The van der Waals surface area contributed by atoms with Crippen LogP contribution >= 0.6 is 0 Å². The molecule has 0 aromatic heterocycles. The van der Waals surface area contributed by atoms with Crippen LogP contribution < -0.4 is 0 Å². The zero-order valence-electron chi connectivity index (χ0n) is 28.0. The molecule has 3 nitrogen and oxygen atoms in total. The van der Waals surface area contributed by atoms with Crippen LogP contribution in [0.4, 0.5) is 0 Å². The lowest BCUT2D eigenvalue weighted by Crippen LogP contribution is -2.30. The average molecular weight is 575 g/mol. The second kappa shape index (κ2) is 18.2. The van der Waals surface area contributed by atoms with Crippen LogP contribution in [0.2, 0.25) is 0 Å². The largest absolute Gasteiger partial charge is 0.300 e. The van der Waals surface area contributed by atoms with Gasteiger partial charge < -0.3 is 0 Å². The smallest absolute Gasteiger partial charge is 0.163 e. The molecular weight excluding hydrogens is 516 g/mol. The van der Waals surface area contributed by atoms with E-state index < -0.39 is 0 Å². The molecule has 0 saturated carbocycles. The highest BCUT2D eigenvalue weighted by Crippen LogP contribution is 2.40. The molecule has 0 spiro atoms. The van der Waals surface area contributed by atoms with Gasteiger partial charge in [-0.15, -0.1) is 0 Å². The Hall–Kier alpha value is -2.55. The number of ketones is 3. The molecule has 1 aliphatic rings. The van der Waals surface area contributed by atoms with E-state index in [-0.39, 0.29) is 41.5 Å². The number of hydrogen-bond acceptors (Lipinski definition) is 3. The fraction of sp³-hybridized carbons (Fsp3) is 0.615. The van der Waals surface area contributed by atoms with E-state index in [4.69, 9.17) is 0 Å². The van der Waals surface area contributed by atoms with E-state index in [0.29, 0.717) is 6.42 Å². The van der Waals surface area contributed by atoms with Gasteiger partial charge in [-0.25, -0.2) is 0 Å². The van der Waals surface area contributed by atoms with Crippen LogP contribution in [0.25, 0.3) is 11.1 Å². The molecule has 232 valence electrons. The molecular formula is C39H58O3. The number of rotatable bonds is 15. The molecule has 0 heterocycles. The second-order valence-electron chi connectivity index (χ2n) is 13.2. The fourth-order valence-corrected chi connectivity index (χ4v) is 6.74. The maximum atomic E-state index is 13.5. The van der Waals surface area contributed by atoms with Crippen molar-refractivity contribution in [3.8, 4) is 11.1 Å². The Morgan fingerprint density at radius 3 is 2.14 bits per heavy atom. The minimum absolute atomic E-state index is 0.0300. The van der Waals surface area contributed by atoms with E-state index in [1.807, 2.05) is 0 Å². The Morgan fingerprint density at radius 2 is 1.57 bits per heavy atom. The van der Waals surface area contributed by atoms with Crippen molar-refractivity contribution in [1.29, 1.82) is 0 Å². The highest BCUT2D eigenvalue weighted by molar-refractivity contribution is 6.02. The first-order valence-electron chi connectivity index (χ1n) is 16.8. The van der Waals surface area contributed by atoms with Gasteiger partial charge in [0.1, 0.15) is 11.6 Å². The molecule has 0 amide bonds. The predicted octanol–water partition coefficient (Wildman–Crippen LogP) is 10.6. The molecule has 0 bridgehead atoms. The summed E-state index contributed by atoms with van der Waals surface area (Å²) in [5.41, 5.74) is 6.88. The Bertz CT molecular complexity index is 1140. The summed E-state index contributed by atoms with van der Waals surface area (Å²) in [4.78, 5) is 38.1. The van der Waals surface area contributed by atoms with Gasteiger partial charge in [-0.1, -0.05) is 110 Å². The molecule has 0 radical (unpaired) electrons. The van der Waals surface area contributed by atoms with Crippen LogP contribution in [0.15, 0.2) is 36.4 Å². The molecule has 3 atom stereocenters. The summed E-state index contributed by atoms with van der Waals surface area (Å²) in [5.74, 6) is 1.36. The number of fused-ring (bicyclic) bond motifs is 1. The lowest BCUT2D eigenvalue weighted by Gasteiger charge is -2.32. The molecule has 0 N–H and O–H groups in total. The van der Waals surface area contributed by atoms with E-state index in [9.17, 15) is 14.4 Å². The fourth-order valence-electron chi connectivity index (χ4n) is 6.74. The summed E-state index contributed by atoms with van der Waals surface area (Å²) in [6, 6.07) is 13.2. The maximum Gasteiger partial charge on any atom is 0.163 e. The topological polar surface area (TPSA) is 51.2 Å². The number of Topliss-reactive ketones (excluding diaryl/α,β-unsaturated/α-hetero) is 3. The molecule has 3 unspecified atom stereocenters. The van der Waals surface area contributed by atoms with Crippen LogP contribution in [0.5, 0.6) is 0 Å². The number of aryl methyl sites for hydroxylation is 2. The zero-order valence-corrected chi connectivity index (χ0v) is 28.0. The van der Waals surface area contributed by atoms with Crippen molar-refractivity contribution in [1.82, 2.24) is 0 Å². The molecule has 3 rings (SSSR count). The second-order valence-corrected chi connectivity index (χ2v) is 13.2. The van der Waals surface area contributed by atoms with Crippen molar-refractivity contribution in [3.63, 3.8) is 0 Å². The molecule has 2 aromatic carbocycles. The van der Waals surface area contributed by atoms with Crippen LogP contribution in [0, 0.1) is 30.6 Å². The number of benzene rings is 2. The molecule has 0 fully saturated rings. The molecule has 1 aliphatic carbocycles. The number of hydrogen-bond donors (Lipinski definition) is 0. The Morgan fingerprint density at radius 1 is 0.905 bits per heavy atom. The molecule has 42 heavy (non-hydrogen) atoms. The SMILES string of the molecule is CCC.CCCC(CC1CC(=O)c2c(C)ccc(-c3ccc(CCCCC(C)C)cc3)c2C1)C(CC)C(=O)CC(C)=O. The minimum atomic E-state index is -0.101. The zero-order chi connectivity index (χ0) is 31.2. The van der Waals surface area contributed by atoms with Gasteiger partial charge in [0, 0.05) is 17.9 Å². The third kappa shape index (κ3) is 10.6. The van der Waals surface area contributed by atoms with Crippen LogP contribution in [0.3, 0.4) is 0 Å². The van der Waals surface area contributed by atoms with Gasteiger partial charge in [0.15, 0.2) is 5.78 Å². The van der Waals surface area contributed by atoms with Crippen molar-refractivity contribution in [3.05, 3.63) is 58.7 Å². The lowest BCUT2D eigenvalue weighted by molar-refractivity contribution is -0.129. The first-order valence-corrected chi connectivity index (χ1v) is 16.8. The highest BCUT2D eigenvalue weighted by atomic mass is 16.1. The van der Waals surface area contributed by atoms with Crippen molar-refractivity contribution < 1.29 is 14.4 Å².